The number of aromatic nitrogens is 2. The molecule has 1 aromatic heterocycles. The van der Waals surface area contributed by atoms with Crippen LogP contribution in [0.4, 0.5) is 11.5 Å². The molecule has 0 atom stereocenters. The van der Waals surface area contributed by atoms with Gasteiger partial charge in [0.15, 0.2) is 17.3 Å². The van der Waals surface area contributed by atoms with Gasteiger partial charge in [-0.05, 0) is 68.3 Å². The fourth-order valence-electron chi connectivity index (χ4n) is 3.43. The van der Waals surface area contributed by atoms with Gasteiger partial charge in [0.25, 0.3) is 5.91 Å². The van der Waals surface area contributed by atoms with Crippen molar-refractivity contribution < 1.29 is 14.3 Å². The van der Waals surface area contributed by atoms with Crippen LogP contribution in [0.15, 0.2) is 36.4 Å². The highest BCUT2D eigenvalue weighted by Gasteiger charge is 2.23. The Kier molecular flexibility index (Phi) is 5.46. The second-order valence-corrected chi connectivity index (χ2v) is 7.51. The first-order valence-electron chi connectivity index (χ1n) is 9.96. The maximum atomic E-state index is 13.2. The molecule has 1 saturated heterocycles. The van der Waals surface area contributed by atoms with Crippen molar-refractivity contribution in [3.63, 3.8) is 0 Å². The van der Waals surface area contributed by atoms with E-state index in [1.54, 1.807) is 24.3 Å². The third kappa shape index (κ3) is 4.02. The van der Waals surface area contributed by atoms with Gasteiger partial charge in [-0.3, -0.25) is 9.59 Å². The third-order valence-corrected chi connectivity index (χ3v) is 5.34. The van der Waals surface area contributed by atoms with Crippen LogP contribution < -0.4 is 10.2 Å². The number of amides is 1. The summed E-state index contributed by atoms with van der Waals surface area (Å²) in [5, 5.41) is 2.88. The van der Waals surface area contributed by atoms with Crippen molar-refractivity contribution in [1.82, 2.24) is 9.97 Å². The van der Waals surface area contributed by atoms with E-state index in [4.69, 9.17) is 9.72 Å². The number of rotatable bonds is 4. The molecule has 7 heteroatoms. The van der Waals surface area contributed by atoms with Crippen molar-refractivity contribution in [2.45, 2.75) is 20.8 Å². The van der Waals surface area contributed by atoms with E-state index in [2.05, 4.69) is 10.3 Å². The molecular weight excluding hydrogens is 380 g/mol. The summed E-state index contributed by atoms with van der Waals surface area (Å²) in [4.78, 5) is 36.2. The molecule has 154 valence electrons. The number of aryl methyl sites for hydroxylation is 2. The molecule has 7 nitrogen and oxygen atoms in total. The fraction of sp³-hybridized carbons (Fsp3) is 0.304. The lowest BCUT2D eigenvalue weighted by atomic mass is 10.1. The third-order valence-electron chi connectivity index (χ3n) is 5.34. The number of benzene rings is 2. The smallest absolute Gasteiger partial charge is 0.278 e. The number of nitrogens with one attached hydrogen (secondary N) is 1. The van der Waals surface area contributed by atoms with Gasteiger partial charge in [-0.15, -0.1) is 0 Å². The van der Waals surface area contributed by atoms with E-state index in [0.717, 1.165) is 16.6 Å². The van der Waals surface area contributed by atoms with E-state index in [9.17, 15) is 9.59 Å². The molecule has 0 unspecified atom stereocenters. The summed E-state index contributed by atoms with van der Waals surface area (Å²) in [5.41, 5.74) is 5.16. The van der Waals surface area contributed by atoms with Crippen LogP contribution in [-0.2, 0) is 4.74 Å². The molecule has 0 aliphatic carbocycles. The Bertz CT molecular complexity index is 1120. The Morgan fingerprint density at radius 2 is 1.57 bits per heavy atom. The summed E-state index contributed by atoms with van der Waals surface area (Å²) in [7, 11) is 0. The number of ether oxygens (including phenoxy) is 1. The monoisotopic (exact) mass is 404 g/mol. The summed E-state index contributed by atoms with van der Waals surface area (Å²) in [6.07, 6.45) is 0. The Morgan fingerprint density at radius 3 is 2.17 bits per heavy atom. The van der Waals surface area contributed by atoms with Crippen molar-refractivity contribution in [2.24, 2.45) is 0 Å². The van der Waals surface area contributed by atoms with Crippen LogP contribution in [0, 0.1) is 13.8 Å². The SMILES string of the molecule is CC(=O)c1ccc(NC(=O)c2nc3cc(C)c(C)cc3nc2N2CCOCC2)cc1. The van der Waals surface area contributed by atoms with Crippen LogP contribution in [0.2, 0.25) is 0 Å². The Morgan fingerprint density at radius 1 is 0.967 bits per heavy atom. The highest BCUT2D eigenvalue weighted by Crippen LogP contribution is 2.25. The lowest BCUT2D eigenvalue weighted by molar-refractivity contribution is 0.101. The van der Waals surface area contributed by atoms with E-state index in [-0.39, 0.29) is 17.4 Å². The van der Waals surface area contributed by atoms with Crippen molar-refractivity contribution in [3.05, 3.63) is 58.8 Å². The highest BCUT2D eigenvalue weighted by molar-refractivity contribution is 6.07. The number of morpholine rings is 1. The van der Waals surface area contributed by atoms with Gasteiger partial charge in [0.2, 0.25) is 0 Å². The molecule has 1 N–H and O–H groups in total. The number of carbonyl (C=O) groups is 2. The largest absolute Gasteiger partial charge is 0.378 e. The van der Waals surface area contributed by atoms with Gasteiger partial charge >= 0.3 is 0 Å². The number of Topliss-reactive ketones (excluding diaryl/α,β-unsaturated/α-hetero) is 1. The quantitative estimate of drug-likeness (QED) is 0.670. The zero-order valence-corrected chi connectivity index (χ0v) is 17.4. The lowest BCUT2D eigenvalue weighted by Crippen LogP contribution is -2.38. The van der Waals surface area contributed by atoms with E-state index >= 15 is 0 Å². The molecule has 2 heterocycles. The minimum atomic E-state index is -0.334. The normalized spacial score (nSPS) is 14.0. The predicted molar refractivity (Wildman–Crippen MR) is 116 cm³/mol. The molecule has 3 aromatic rings. The molecular formula is C23H24N4O3. The molecule has 0 bridgehead atoms. The second kappa shape index (κ2) is 8.20. The topological polar surface area (TPSA) is 84.4 Å². The molecule has 1 amide bonds. The number of hydrogen-bond donors (Lipinski definition) is 1. The number of ketones is 1. The first kappa shape index (κ1) is 20.0. The maximum Gasteiger partial charge on any atom is 0.278 e. The maximum absolute atomic E-state index is 13.2. The number of anilines is 2. The van der Waals surface area contributed by atoms with Gasteiger partial charge in [0, 0.05) is 24.3 Å². The Hall–Kier alpha value is -3.32. The average Bonchev–Trinajstić information content (AvgIpc) is 2.75. The Labute approximate surface area is 175 Å². The van der Waals surface area contributed by atoms with Gasteiger partial charge in [0.05, 0.1) is 24.2 Å². The standard InChI is InChI=1S/C23H24N4O3/c1-14-12-19-20(13-15(14)2)26-22(27-8-10-30-11-9-27)21(25-19)23(29)24-18-6-4-17(5-7-18)16(3)28/h4-7,12-13H,8-11H2,1-3H3,(H,24,29). The zero-order chi connectivity index (χ0) is 21.3. The molecule has 1 aliphatic heterocycles. The van der Waals surface area contributed by atoms with Gasteiger partial charge in [-0.1, -0.05) is 0 Å². The predicted octanol–water partition coefficient (Wildman–Crippen LogP) is 3.54. The van der Waals surface area contributed by atoms with Gasteiger partial charge < -0.3 is 15.0 Å². The van der Waals surface area contributed by atoms with Crippen molar-refractivity contribution >= 4 is 34.2 Å². The van der Waals surface area contributed by atoms with Crippen LogP contribution in [0.3, 0.4) is 0 Å². The minimum Gasteiger partial charge on any atom is -0.378 e. The summed E-state index contributed by atoms with van der Waals surface area (Å²) < 4.78 is 5.45. The van der Waals surface area contributed by atoms with Crippen LogP contribution >= 0.6 is 0 Å². The number of carbonyl (C=O) groups excluding carboxylic acids is 2. The Balaban J connectivity index is 1.73. The summed E-state index contributed by atoms with van der Waals surface area (Å²) in [6.45, 7) is 8.03. The number of fused-ring (bicyclic) bond motifs is 1. The summed E-state index contributed by atoms with van der Waals surface area (Å²) in [5.74, 6) is 0.208. The van der Waals surface area contributed by atoms with Crippen molar-refractivity contribution in [1.29, 1.82) is 0 Å². The van der Waals surface area contributed by atoms with E-state index in [0.29, 0.717) is 48.9 Å². The molecule has 0 saturated carbocycles. The number of hydrogen-bond acceptors (Lipinski definition) is 6. The van der Waals surface area contributed by atoms with Crippen LogP contribution in [-0.4, -0.2) is 48.0 Å². The molecule has 1 aliphatic rings. The van der Waals surface area contributed by atoms with Gasteiger partial charge in [-0.2, -0.15) is 0 Å². The molecule has 0 spiro atoms. The average molecular weight is 404 g/mol. The zero-order valence-electron chi connectivity index (χ0n) is 17.4. The van der Waals surface area contributed by atoms with E-state index < -0.39 is 0 Å². The van der Waals surface area contributed by atoms with Gasteiger partial charge in [-0.25, -0.2) is 9.97 Å². The number of nitrogens with zero attached hydrogens (tertiary/aromatic N) is 3. The second-order valence-electron chi connectivity index (χ2n) is 7.51. The first-order valence-corrected chi connectivity index (χ1v) is 9.96. The molecule has 4 rings (SSSR count). The fourth-order valence-corrected chi connectivity index (χ4v) is 3.43. The van der Waals surface area contributed by atoms with Crippen molar-refractivity contribution in [3.8, 4) is 0 Å². The lowest BCUT2D eigenvalue weighted by Gasteiger charge is -2.29. The summed E-state index contributed by atoms with van der Waals surface area (Å²) >= 11 is 0. The van der Waals surface area contributed by atoms with E-state index in [1.807, 2.05) is 30.9 Å². The van der Waals surface area contributed by atoms with Crippen molar-refractivity contribution in [2.75, 3.05) is 36.5 Å². The molecule has 1 fully saturated rings. The summed E-state index contributed by atoms with van der Waals surface area (Å²) in [6, 6.07) is 10.8. The van der Waals surface area contributed by atoms with Crippen LogP contribution in [0.25, 0.3) is 11.0 Å². The van der Waals surface area contributed by atoms with Crippen LogP contribution in [0.5, 0.6) is 0 Å². The highest BCUT2D eigenvalue weighted by atomic mass is 16.5. The van der Waals surface area contributed by atoms with E-state index in [1.165, 1.54) is 6.92 Å². The van der Waals surface area contributed by atoms with Crippen LogP contribution in [0.1, 0.15) is 38.9 Å². The minimum absolute atomic E-state index is 0.0199. The van der Waals surface area contributed by atoms with Gasteiger partial charge in [0.1, 0.15) is 0 Å². The first-order chi connectivity index (χ1) is 14.4. The molecule has 30 heavy (non-hydrogen) atoms. The molecule has 2 aromatic carbocycles. The molecule has 0 radical (unpaired) electrons.